The first-order valence-corrected chi connectivity index (χ1v) is 13.4. The Kier molecular flexibility index (Phi) is 11.9. The molecule has 0 amide bonds. The fourth-order valence-corrected chi connectivity index (χ4v) is 8.16. The molecule has 0 aliphatic carbocycles. The zero-order valence-electron chi connectivity index (χ0n) is 16.4. The molecular weight excluding hydrogens is 507 g/mol. The number of hydrogen-bond acceptors (Lipinski definition) is 7. The molecule has 156 valence electrons. The summed E-state index contributed by atoms with van der Waals surface area (Å²) in [6, 6.07) is 8.06. The second-order valence-corrected chi connectivity index (χ2v) is 11.3. The maximum absolute atomic E-state index is 13.4. The highest BCUT2D eigenvalue weighted by Crippen LogP contribution is 2.69. The van der Waals surface area contributed by atoms with Crippen molar-refractivity contribution in [2.75, 3.05) is 33.0 Å². The minimum Gasteiger partial charge on any atom is -0.307 e. The number of nitrogens with one attached hydrogen (secondary N) is 1. The number of rotatable bonds is 14. The third-order valence-corrected chi connectivity index (χ3v) is 9.87. The van der Waals surface area contributed by atoms with E-state index in [9.17, 15) is 9.13 Å². The van der Waals surface area contributed by atoms with E-state index < -0.39 is 20.7 Å². The van der Waals surface area contributed by atoms with Crippen LogP contribution in [0, 0.1) is 3.57 Å². The van der Waals surface area contributed by atoms with Crippen LogP contribution in [0.2, 0.25) is 0 Å². The van der Waals surface area contributed by atoms with Gasteiger partial charge in [-0.25, -0.2) is 0 Å². The summed E-state index contributed by atoms with van der Waals surface area (Å²) < 4.78 is 49.6. The highest BCUT2D eigenvalue weighted by molar-refractivity contribution is 14.1. The Bertz CT molecular complexity index is 610. The van der Waals surface area contributed by atoms with E-state index >= 15 is 0 Å². The molecule has 0 fully saturated rings. The van der Waals surface area contributed by atoms with Gasteiger partial charge in [-0.2, -0.15) is 0 Å². The van der Waals surface area contributed by atoms with Crippen LogP contribution in [0.5, 0.6) is 0 Å². The SMILES string of the molecule is CCOP(=O)(OCC)C(NCCc1cccc([131I])c1)P(=O)(OCC)OCC. The molecule has 0 radical (unpaired) electrons. The molecule has 0 saturated heterocycles. The van der Waals surface area contributed by atoms with E-state index in [0.717, 1.165) is 9.13 Å². The minimum atomic E-state index is -3.77. The Morgan fingerprint density at radius 3 is 1.81 bits per heavy atom. The lowest BCUT2D eigenvalue weighted by molar-refractivity contribution is 0.190. The van der Waals surface area contributed by atoms with E-state index in [1.54, 1.807) is 27.7 Å². The van der Waals surface area contributed by atoms with Gasteiger partial charge in [0.25, 0.3) is 0 Å². The first-order chi connectivity index (χ1) is 12.8. The van der Waals surface area contributed by atoms with E-state index in [-0.39, 0.29) is 26.4 Å². The Labute approximate surface area is 176 Å². The molecule has 0 unspecified atom stereocenters. The monoisotopic (exact) mass is 537 g/mol. The summed E-state index contributed by atoms with van der Waals surface area (Å²) in [5.41, 5.74) is -0.0777. The summed E-state index contributed by atoms with van der Waals surface area (Å²) in [5, 5.41) is 3.08. The molecule has 27 heavy (non-hydrogen) atoms. The zero-order valence-corrected chi connectivity index (χ0v) is 20.3. The molecular formula is C17H30INO6P2. The third kappa shape index (κ3) is 7.86. The van der Waals surface area contributed by atoms with Gasteiger partial charge in [0.2, 0.25) is 5.52 Å². The molecule has 0 saturated carbocycles. The summed E-state index contributed by atoms with van der Waals surface area (Å²) in [7, 11) is -7.53. The van der Waals surface area contributed by atoms with Gasteiger partial charge in [-0.05, 0) is 74.4 Å². The first-order valence-electron chi connectivity index (χ1n) is 9.10. The van der Waals surface area contributed by atoms with Crippen molar-refractivity contribution < 1.29 is 27.2 Å². The van der Waals surface area contributed by atoms with Crippen LogP contribution in [0.25, 0.3) is 0 Å². The van der Waals surface area contributed by atoms with Crippen LogP contribution in [0.1, 0.15) is 33.3 Å². The second kappa shape index (κ2) is 12.7. The van der Waals surface area contributed by atoms with Crippen LogP contribution in [0.4, 0.5) is 0 Å². The van der Waals surface area contributed by atoms with Crippen molar-refractivity contribution in [2.45, 2.75) is 39.6 Å². The zero-order chi connectivity index (χ0) is 20.3. The standard InChI is InChI=1S/C17H30INO6P2/c1-5-22-26(20,23-6-2)17(27(21,24-7-3)25-8-4)19-13-12-15-10-9-11-16(18)14-15/h9-11,14,17,19H,5-8,12-13H2,1-4H3/i18+4. The van der Waals surface area contributed by atoms with Gasteiger partial charge in [0.05, 0.1) is 26.4 Å². The highest BCUT2D eigenvalue weighted by Gasteiger charge is 2.50. The van der Waals surface area contributed by atoms with Crippen LogP contribution < -0.4 is 5.32 Å². The molecule has 7 nitrogen and oxygen atoms in total. The van der Waals surface area contributed by atoms with E-state index in [2.05, 4.69) is 34.0 Å². The van der Waals surface area contributed by atoms with Crippen molar-refractivity contribution in [3.63, 3.8) is 0 Å². The lowest BCUT2D eigenvalue weighted by Crippen LogP contribution is -2.34. The maximum Gasteiger partial charge on any atom is 0.359 e. The Hall–Kier alpha value is 0.210. The van der Waals surface area contributed by atoms with Crippen molar-refractivity contribution in [3.8, 4) is 0 Å². The largest absolute Gasteiger partial charge is 0.359 e. The van der Waals surface area contributed by atoms with Crippen LogP contribution in [0.3, 0.4) is 0 Å². The number of hydrogen-bond donors (Lipinski definition) is 1. The van der Waals surface area contributed by atoms with Gasteiger partial charge < -0.3 is 18.1 Å². The highest BCUT2D eigenvalue weighted by atomic mass is 131. The quantitative estimate of drug-likeness (QED) is 0.257. The Balaban J connectivity index is 3.07. The van der Waals surface area contributed by atoms with Gasteiger partial charge in [0.15, 0.2) is 0 Å². The van der Waals surface area contributed by atoms with Crippen LogP contribution in [-0.2, 0) is 33.6 Å². The normalized spacial score (nSPS) is 12.7. The van der Waals surface area contributed by atoms with Gasteiger partial charge in [-0.3, -0.25) is 14.4 Å². The molecule has 10 heteroatoms. The molecule has 1 N–H and O–H groups in total. The summed E-state index contributed by atoms with van der Waals surface area (Å²) in [5.74, 6) is 0. The molecule has 1 aromatic rings. The van der Waals surface area contributed by atoms with Crippen LogP contribution in [0.15, 0.2) is 24.3 Å². The van der Waals surface area contributed by atoms with Gasteiger partial charge in [-0.1, -0.05) is 12.1 Å². The first kappa shape index (κ1) is 25.2. The summed E-state index contributed by atoms with van der Waals surface area (Å²) >= 11 is 2.25. The van der Waals surface area contributed by atoms with Gasteiger partial charge >= 0.3 is 15.2 Å². The predicted octanol–water partition coefficient (Wildman–Crippen LogP) is 5.24. The topological polar surface area (TPSA) is 83.1 Å². The fourth-order valence-electron chi connectivity index (χ4n) is 2.51. The average molecular weight is 537 g/mol. The molecule has 1 aromatic carbocycles. The third-order valence-electron chi connectivity index (χ3n) is 3.46. The maximum atomic E-state index is 13.4. The van der Waals surface area contributed by atoms with Crippen LogP contribution >= 0.6 is 37.8 Å². The van der Waals surface area contributed by atoms with Crippen molar-refractivity contribution in [2.24, 2.45) is 0 Å². The smallest absolute Gasteiger partial charge is 0.307 e. The van der Waals surface area contributed by atoms with Crippen molar-refractivity contribution in [1.29, 1.82) is 0 Å². The lowest BCUT2D eigenvalue weighted by atomic mass is 10.1. The minimum absolute atomic E-state index is 0.157. The van der Waals surface area contributed by atoms with Crippen molar-refractivity contribution in [3.05, 3.63) is 33.4 Å². The molecule has 0 aliphatic rings. The fraction of sp³-hybridized carbons (Fsp3) is 0.647. The molecule has 0 spiro atoms. The average Bonchev–Trinajstić information content (AvgIpc) is 2.59. The molecule has 0 aromatic heterocycles. The number of benzene rings is 1. The summed E-state index contributed by atoms with van der Waals surface area (Å²) in [6.45, 7) is 7.88. The summed E-state index contributed by atoms with van der Waals surface area (Å²) in [4.78, 5) is 0. The van der Waals surface area contributed by atoms with Crippen molar-refractivity contribution in [1.82, 2.24) is 5.32 Å². The Morgan fingerprint density at radius 2 is 1.41 bits per heavy atom. The van der Waals surface area contributed by atoms with Gasteiger partial charge in [-0.15, -0.1) is 0 Å². The van der Waals surface area contributed by atoms with E-state index in [4.69, 9.17) is 18.1 Å². The molecule has 1 rings (SSSR count). The second-order valence-electron chi connectivity index (χ2n) is 5.46. The van der Waals surface area contributed by atoms with E-state index in [1.165, 1.54) is 0 Å². The number of halogens is 1. The molecule has 0 heterocycles. The molecule has 0 aliphatic heterocycles. The van der Waals surface area contributed by atoms with Crippen molar-refractivity contribution >= 4 is 37.8 Å². The van der Waals surface area contributed by atoms with Crippen LogP contribution in [-0.4, -0.2) is 38.5 Å². The van der Waals surface area contributed by atoms with Gasteiger partial charge in [0.1, 0.15) is 0 Å². The van der Waals surface area contributed by atoms with E-state index in [1.807, 2.05) is 18.2 Å². The van der Waals surface area contributed by atoms with E-state index in [0.29, 0.717) is 13.0 Å². The molecule has 0 atom stereocenters. The molecule has 0 bridgehead atoms. The summed E-state index contributed by atoms with van der Waals surface area (Å²) in [6.07, 6.45) is 0.657. The lowest BCUT2D eigenvalue weighted by Gasteiger charge is -2.31. The van der Waals surface area contributed by atoms with Gasteiger partial charge in [0, 0.05) is 10.1 Å². The predicted molar refractivity (Wildman–Crippen MR) is 116 cm³/mol. The Morgan fingerprint density at radius 1 is 0.926 bits per heavy atom.